The van der Waals surface area contributed by atoms with E-state index in [1.807, 2.05) is 0 Å². The number of halogens is 20. The minimum absolute atomic E-state index is 0.569. The molecule has 0 aliphatic heterocycles. The van der Waals surface area contributed by atoms with Gasteiger partial charge in [-0.25, -0.2) is 8.78 Å². The molecule has 1 nitrogen and oxygen atoms in total. The average Bonchev–Trinajstić information content (AvgIpc) is 2.40. The minimum Gasteiger partial charge on any atom is -0.222 e. The summed E-state index contributed by atoms with van der Waals surface area (Å²) in [5.74, 6) is 0. The van der Waals surface area contributed by atoms with Crippen molar-refractivity contribution in [2.45, 2.75) is 48.3 Å². The van der Waals surface area contributed by atoms with Crippen LogP contribution in [0, 0.1) is 5.41 Å². The monoisotopic (exact) mass is 504 g/mol. The van der Waals surface area contributed by atoms with Gasteiger partial charge in [0, 0.05) is 0 Å². The fraction of sp³-hybridized carbons (Fsp3) is 1.00. The van der Waals surface area contributed by atoms with Crippen LogP contribution < -0.4 is 0 Å². The summed E-state index contributed by atoms with van der Waals surface area (Å²) in [4.78, 5) is 0.569. The van der Waals surface area contributed by atoms with E-state index in [-0.39, 0.29) is 0 Å². The van der Waals surface area contributed by atoms with Crippen molar-refractivity contribution >= 4 is 0 Å². The molecule has 0 aromatic heterocycles. The van der Waals surface area contributed by atoms with Crippen molar-refractivity contribution in [3.63, 3.8) is 0 Å². The summed E-state index contributed by atoms with van der Waals surface area (Å²) in [7, 11) is 0. The number of hydrogen-bond donors (Lipinski definition) is 0. The van der Waals surface area contributed by atoms with Crippen molar-refractivity contribution in [3.05, 3.63) is 0 Å². The van der Waals surface area contributed by atoms with Crippen LogP contribution in [0.15, 0.2) is 0 Å². The quantitative estimate of drug-likeness (QED) is 0.388. The largest absolute Gasteiger partial charge is 0.433 e. The molecule has 0 atom stereocenters. The molecule has 0 aliphatic rings. The number of alkyl halides is 19. The molecule has 21 heteroatoms. The maximum atomic E-state index is 13.9. The van der Waals surface area contributed by atoms with Crippen molar-refractivity contribution in [1.29, 1.82) is 0 Å². The van der Waals surface area contributed by atoms with Gasteiger partial charge in [-0.1, -0.05) is 0 Å². The molecule has 0 aromatic carbocycles. The van der Waals surface area contributed by atoms with Crippen LogP contribution in [0.2, 0.25) is 0 Å². The third kappa shape index (κ3) is 3.21. The van der Waals surface area contributed by atoms with Gasteiger partial charge >= 0.3 is 48.3 Å². The van der Waals surface area contributed by atoms with Crippen LogP contribution in [0.4, 0.5) is 87.9 Å². The normalized spacial score (nSPS) is 16.8. The molecule has 0 amide bonds. The van der Waals surface area contributed by atoms with Crippen molar-refractivity contribution in [1.82, 2.24) is 0 Å². The zero-order chi connectivity index (χ0) is 25.2. The van der Waals surface area contributed by atoms with E-state index in [4.69, 9.17) is 0 Å². The van der Waals surface area contributed by atoms with E-state index >= 15 is 0 Å². The Hall–Kier alpha value is -1.44. The first-order valence-electron chi connectivity index (χ1n) is 5.95. The molecule has 30 heavy (non-hydrogen) atoms. The van der Waals surface area contributed by atoms with Gasteiger partial charge in [0.25, 0.3) is 5.41 Å². The molecule has 0 bridgehead atoms. The van der Waals surface area contributed by atoms with Crippen molar-refractivity contribution in [2.24, 2.45) is 5.41 Å². The highest BCUT2D eigenvalue weighted by molar-refractivity contribution is 5.27. The van der Waals surface area contributed by atoms with Crippen molar-refractivity contribution < 1.29 is 92.9 Å². The molecular formula is C9F20O. The maximum absolute atomic E-state index is 13.9. The molecule has 0 heterocycles. The Morgan fingerprint density at radius 2 is 0.533 bits per heavy atom. The van der Waals surface area contributed by atoms with Crippen LogP contribution in [0.3, 0.4) is 0 Å². The number of hydrogen-bond acceptors (Lipinski definition) is 1. The molecule has 0 radical (unpaired) electrons. The van der Waals surface area contributed by atoms with Crippen LogP contribution in [0.1, 0.15) is 0 Å². The van der Waals surface area contributed by atoms with E-state index in [1.165, 1.54) is 0 Å². The Morgan fingerprint density at radius 1 is 0.333 bits per heavy atom. The lowest BCUT2D eigenvalue weighted by Crippen LogP contribution is -2.86. The third-order valence-electron chi connectivity index (χ3n) is 3.55. The topological polar surface area (TPSA) is 9.23 Å². The smallest absolute Gasteiger partial charge is 0.222 e. The lowest BCUT2D eigenvalue weighted by molar-refractivity contribution is -0.563. The molecule has 0 rings (SSSR count). The molecule has 0 fully saturated rings. The van der Waals surface area contributed by atoms with Crippen molar-refractivity contribution in [2.75, 3.05) is 0 Å². The molecular weight excluding hydrogens is 504 g/mol. The van der Waals surface area contributed by atoms with Crippen LogP contribution in [-0.4, -0.2) is 48.3 Å². The highest BCUT2D eigenvalue weighted by atomic mass is 19.4. The predicted octanol–water partition coefficient (Wildman–Crippen LogP) is 6.69. The zero-order valence-corrected chi connectivity index (χ0v) is 12.5. The fourth-order valence-electron chi connectivity index (χ4n) is 2.42. The zero-order valence-electron chi connectivity index (χ0n) is 12.5. The lowest BCUT2D eigenvalue weighted by Gasteiger charge is -2.54. The molecule has 0 unspecified atom stereocenters. The van der Waals surface area contributed by atoms with Gasteiger partial charge in [0.05, 0.1) is 0 Å². The highest BCUT2D eigenvalue weighted by Crippen LogP contribution is 2.76. The van der Waals surface area contributed by atoms with Gasteiger partial charge in [0.1, 0.15) is 0 Å². The van der Waals surface area contributed by atoms with E-state index in [1.54, 1.807) is 0 Å². The summed E-state index contributed by atoms with van der Waals surface area (Å²) in [5.41, 5.74) is -28.7. The second-order valence-electron chi connectivity index (χ2n) is 5.15. The Kier molecular flexibility index (Phi) is 6.45. The molecule has 0 saturated carbocycles. The van der Waals surface area contributed by atoms with Crippen LogP contribution >= 0.6 is 0 Å². The van der Waals surface area contributed by atoms with Gasteiger partial charge in [0.2, 0.25) is 0 Å². The fourth-order valence-corrected chi connectivity index (χ4v) is 2.42. The van der Waals surface area contributed by atoms with E-state index < -0.39 is 53.7 Å². The molecule has 0 N–H and O–H groups in total. The lowest BCUT2D eigenvalue weighted by atomic mass is 9.59. The highest BCUT2D eigenvalue weighted by Gasteiger charge is 3.07. The minimum atomic E-state index is -9.73. The van der Waals surface area contributed by atoms with Gasteiger partial charge in [-0.3, -0.25) is 0 Å². The Labute approximate surface area is 148 Å². The van der Waals surface area contributed by atoms with Crippen LogP contribution in [-0.2, 0) is 4.94 Å². The predicted molar refractivity (Wildman–Crippen MR) is 47.5 cm³/mol. The van der Waals surface area contributed by atoms with Gasteiger partial charge in [-0.15, -0.1) is 4.94 Å². The third-order valence-corrected chi connectivity index (χ3v) is 3.55. The summed E-state index contributed by atoms with van der Waals surface area (Å²) in [6, 6.07) is 0. The summed E-state index contributed by atoms with van der Waals surface area (Å²) in [6.45, 7) is 0. The van der Waals surface area contributed by atoms with Crippen LogP contribution in [0.5, 0.6) is 0 Å². The molecule has 0 saturated heterocycles. The Bertz CT molecular complexity index is 545. The second kappa shape index (κ2) is 6.78. The summed E-state index contributed by atoms with van der Waals surface area (Å²) in [6.07, 6.45) is -53.3. The maximum Gasteiger partial charge on any atom is 0.433 e. The molecule has 182 valence electrons. The molecule has 0 spiro atoms. The standard InChI is InChI=1S/C9F20O/c10-2(5(15,16)17,6(18,19)20)1(4(12,13)14,9(27,28)30-29)3(11,7(21,22)23)8(24,25)26. The Balaban J connectivity index is 8.59. The molecule has 0 aliphatic carbocycles. The van der Waals surface area contributed by atoms with Crippen LogP contribution in [0.25, 0.3) is 0 Å². The number of rotatable bonds is 4. The summed E-state index contributed by atoms with van der Waals surface area (Å²) in [5, 5.41) is 0. The first-order valence-corrected chi connectivity index (χ1v) is 5.95. The van der Waals surface area contributed by atoms with Gasteiger partial charge in [-0.2, -0.15) is 74.6 Å². The molecule has 0 aromatic rings. The van der Waals surface area contributed by atoms with E-state index in [0.29, 0.717) is 4.94 Å². The first-order chi connectivity index (χ1) is 12.6. The first kappa shape index (κ1) is 28.6. The van der Waals surface area contributed by atoms with Gasteiger partial charge < -0.3 is 0 Å². The Morgan fingerprint density at radius 3 is 0.633 bits per heavy atom. The second-order valence-corrected chi connectivity index (χ2v) is 5.15. The summed E-state index contributed by atoms with van der Waals surface area (Å²) >= 11 is 0. The average molecular weight is 504 g/mol. The van der Waals surface area contributed by atoms with E-state index in [9.17, 15) is 87.9 Å². The van der Waals surface area contributed by atoms with Gasteiger partial charge in [0.15, 0.2) is 0 Å². The SMILES string of the molecule is FOC(F)(F)C(C(F)(F)F)(C(F)(C(F)(F)F)C(F)(F)F)C(F)(C(F)(F)F)C(F)(F)F. The summed E-state index contributed by atoms with van der Waals surface area (Å²) < 4.78 is 256. The van der Waals surface area contributed by atoms with E-state index in [0.717, 1.165) is 0 Å². The van der Waals surface area contributed by atoms with Crippen molar-refractivity contribution in [3.8, 4) is 0 Å². The van der Waals surface area contributed by atoms with E-state index in [2.05, 4.69) is 0 Å². The van der Waals surface area contributed by atoms with Gasteiger partial charge in [-0.05, 0) is 4.53 Å².